The quantitative estimate of drug-likeness (QED) is 0.520. The smallest absolute Gasteiger partial charge is 0.123 e. The van der Waals surface area contributed by atoms with E-state index in [4.69, 9.17) is 0 Å². The van der Waals surface area contributed by atoms with Crippen LogP contribution in [0.2, 0.25) is 0 Å². The summed E-state index contributed by atoms with van der Waals surface area (Å²) >= 11 is 0. The summed E-state index contributed by atoms with van der Waals surface area (Å²) in [6, 6.07) is 4.53. The van der Waals surface area contributed by atoms with Crippen LogP contribution in [0, 0.1) is 16.7 Å². The molecule has 1 aromatic rings. The molecule has 3 aliphatic carbocycles. The van der Waals surface area contributed by atoms with Crippen LogP contribution in [0.5, 0.6) is 5.75 Å². The number of unbranched alkanes of at least 4 members (excludes halogenated alkanes) is 3. The van der Waals surface area contributed by atoms with Crippen LogP contribution in [0.25, 0.3) is 5.57 Å². The van der Waals surface area contributed by atoms with Crippen molar-refractivity contribution in [3.05, 3.63) is 34.9 Å². The molecular weight excluding hydrogens is 328 g/mol. The molecule has 2 bridgehead atoms. The van der Waals surface area contributed by atoms with Crippen LogP contribution in [0.15, 0.2) is 18.2 Å². The molecule has 1 heteroatoms. The predicted octanol–water partition coefficient (Wildman–Crippen LogP) is 7.41. The molecule has 27 heavy (non-hydrogen) atoms. The van der Waals surface area contributed by atoms with E-state index in [2.05, 4.69) is 52.8 Å². The van der Waals surface area contributed by atoms with Crippen LogP contribution < -0.4 is 0 Å². The van der Waals surface area contributed by atoms with Gasteiger partial charge in [0, 0.05) is 11.0 Å². The van der Waals surface area contributed by atoms with E-state index in [1.807, 2.05) is 0 Å². The maximum Gasteiger partial charge on any atom is 0.123 e. The fourth-order valence-corrected chi connectivity index (χ4v) is 6.55. The molecule has 1 spiro atoms. The lowest BCUT2D eigenvalue weighted by Gasteiger charge is -2.45. The maximum absolute atomic E-state index is 11.1. The summed E-state index contributed by atoms with van der Waals surface area (Å²) in [5, 5.41) is 11.1. The Balaban J connectivity index is 1.66. The largest absolute Gasteiger partial charge is 0.507 e. The molecule has 0 heterocycles. The van der Waals surface area contributed by atoms with Crippen LogP contribution in [0.1, 0.15) is 103 Å². The molecule has 3 aliphatic rings. The zero-order valence-corrected chi connectivity index (χ0v) is 18.1. The van der Waals surface area contributed by atoms with Gasteiger partial charge in [-0.15, -0.1) is 0 Å². The summed E-state index contributed by atoms with van der Waals surface area (Å²) in [7, 11) is 0. The van der Waals surface area contributed by atoms with Gasteiger partial charge in [-0.05, 0) is 71.6 Å². The van der Waals surface area contributed by atoms with E-state index in [1.165, 1.54) is 73.6 Å². The zero-order chi connectivity index (χ0) is 19.4. The van der Waals surface area contributed by atoms with Crippen molar-refractivity contribution in [2.45, 2.75) is 97.8 Å². The molecule has 2 unspecified atom stereocenters. The fraction of sp³-hybridized carbons (Fsp3) is 0.692. The first-order chi connectivity index (χ1) is 12.7. The summed E-state index contributed by atoms with van der Waals surface area (Å²) in [5.41, 5.74) is 6.19. The summed E-state index contributed by atoms with van der Waals surface area (Å²) < 4.78 is 0. The SMILES string of the molecule is CCCCCCC(C)(C)c1cc(O)c2c(c1)CCC13CCC(C=C21)C3(C)C. The first kappa shape index (κ1) is 19.1. The predicted molar refractivity (Wildman–Crippen MR) is 115 cm³/mol. The van der Waals surface area contributed by atoms with E-state index in [0.29, 0.717) is 22.5 Å². The van der Waals surface area contributed by atoms with Crippen LogP contribution >= 0.6 is 0 Å². The molecule has 1 saturated carbocycles. The maximum atomic E-state index is 11.1. The summed E-state index contributed by atoms with van der Waals surface area (Å²) in [5.74, 6) is 1.23. The molecule has 0 aromatic heterocycles. The Kier molecular flexibility index (Phi) is 4.52. The summed E-state index contributed by atoms with van der Waals surface area (Å²) in [6.45, 7) is 11.9. The second kappa shape index (κ2) is 6.39. The van der Waals surface area contributed by atoms with Crippen molar-refractivity contribution in [3.8, 4) is 5.75 Å². The Bertz CT molecular complexity index is 767. The van der Waals surface area contributed by atoms with Crippen LogP contribution in [-0.2, 0) is 11.8 Å². The molecular formula is C26H38O. The average molecular weight is 367 g/mol. The molecule has 1 fully saturated rings. The minimum atomic E-state index is 0.137. The summed E-state index contributed by atoms with van der Waals surface area (Å²) in [4.78, 5) is 0. The highest BCUT2D eigenvalue weighted by atomic mass is 16.3. The van der Waals surface area contributed by atoms with Crippen LogP contribution in [0.4, 0.5) is 0 Å². The highest BCUT2D eigenvalue weighted by Crippen LogP contribution is 2.71. The molecule has 2 atom stereocenters. The number of hydrogen-bond donors (Lipinski definition) is 1. The molecule has 148 valence electrons. The third kappa shape index (κ3) is 2.71. The highest BCUT2D eigenvalue weighted by molar-refractivity contribution is 5.82. The van der Waals surface area contributed by atoms with Gasteiger partial charge in [0.25, 0.3) is 0 Å². The highest BCUT2D eigenvalue weighted by Gasteiger charge is 2.61. The van der Waals surface area contributed by atoms with Crippen molar-refractivity contribution in [2.75, 3.05) is 0 Å². The standard InChI is InChI=1S/C26H38O/c1-6-7-8-9-12-24(2,3)20-15-18-10-13-26-14-11-19(25(26,4)5)16-21(26)23(18)22(27)17-20/h15-17,19,27H,6-14H2,1-5H3. The van der Waals surface area contributed by atoms with E-state index in [-0.39, 0.29) is 5.41 Å². The number of rotatable bonds is 6. The number of hydrogen-bond acceptors (Lipinski definition) is 1. The minimum Gasteiger partial charge on any atom is -0.507 e. The fourth-order valence-electron chi connectivity index (χ4n) is 6.55. The van der Waals surface area contributed by atoms with E-state index >= 15 is 0 Å². The topological polar surface area (TPSA) is 20.2 Å². The van der Waals surface area contributed by atoms with Crippen LogP contribution in [0.3, 0.4) is 0 Å². The molecule has 1 aromatic carbocycles. The Hall–Kier alpha value is -1.24. The molecule has 1 nitrogen and oxygen atoms in total. The van der Waals surface area contributed by atoms with Crippen molar-refractivity contribution in [2.24, 2.45) is 16.7 Å². The molecule has 4 rings (SSSR count). The Morgan fingerprint density at radius 1 is 1.11 bits per heavy atom. The van der Waals surface area contributed by atoms with Gasteiger partial charge in [-0.1, -0.05) is 72.4 Å². The molecule has 0 radical (unpaired) electrons. The van der Waals surface area contributed by atoms with Crippen LogP contribution in [-0.4, -0.2) is 5.11 Å². The first-order valence-corrected chi connectivity index (χ1v) is 11.3. The van der Waals surface area contributed by atoms with Gasteiger partial charge in [0.1, 0.15) is 5.75 Å². The van der Waals surface area contributed by atoms with Crippen molar-refractivity contribution in [1.29, 1.82) is 0 Å². The van der Waals surface area contributed by atoms with Gasteiger partial charge in [0.15, 0.2) is 0 Å². The van der Waals surface area contributed by atoms with E-state index in [0.717, 1.165) is 6.42 Å². The summed E-state index contributed by atoms with van der Waals surface area (Å²) in [6.07, 6.45) is 14.0. The molecule has 0 saturated heterocycles. The van der Waals surface area contributed by atoms with E-state index < -0.39 is 0 Å². The normalized spacial score (nSPS) is 28.0. The van der Waals surface area contributed by atoms with Crippen molar-refractivity contribution in [1.82, 2.24) is 0 Å². The van der Waals surface area contributed by atoms with Gasteiger partial charge in [0.2, 0.25) is 0 Å². The van der Waals surface area contributed by atoms with Gasteiger partial charge >= 0.3 is 0 Å². The lowest BCUT2D eigenvalue weighted by Crippen LogP contribution is -2.35. The van der Waals surface area contributed by atoms with Gasteiger partial charge < -0.3 is 5.11 Å². The number of fused-ring (bicyclic) bond motifs is 3. The van der Waals surface area contributed by atoms with Crippen molar-refractivity contribution >= 4 is 5.57 Å². The van der Waals surface area contributed by atoms with Crippen molar-refractivity contribution in [3.63, 3.8) is 0 Å². The van der Waals surface area contributed by atoms with Gasteiger partial charge in [-0.2, -0.15) is 0 Å². The number of aryl methyl sites for hydroxylation is 1. The number of benzene rings is 1. The third-order valence-electron chi connectivity index (χ3n) is 8.65. The van der Waals surface area contributed by atoms with Gasteiger partial charge in [-0.25, -0.2) is 0 Å². The Morgan fingerprint density at radius 2 is 1.89 bits per heavy atom. The van der Waals surface area contributed by atoms with E-state index in [1.54, 1.807) is 0 Å². The third-order valence-corrected chi connectivity index (χ3v) is 8.65. The number of aromatic hydroxyl groups is 1. The van der Waals surface area contributed by atoms with Gasteiger partial charge in [-0.3, -0.25) is 0 Å². The second-order valence-corrected chi connectivity index (χ2v) is 10.8. The molecule has 0 aliphatic heterocycles. The average Bonchev–Trinajstić information content (AvgIpc) is 3.00. The Labute approximate surface area is 166 Å². The number of phenols is 1. The molecule has 1 N–H and O–H groups in total. The lowest BCUT2D eigenvalue weighted by molar-refractivity contribution is 0.153. The minimum absolute atomic E-state index is 0.137. The van der Waals surface area contributed by atoms with E-state index in [9.17, 15) is 5.11 Å². The first-order valence-electron chi connectivity index (χ1n) is 11.3. The zero-order valence-electron chi connectivity index (χ0n) is 18.1. The van der Waals surface area contributed by atoms with Gasteiger partial charge in [0.05, 0.1) is 0 Å². The van der Waals surface area contributed by atoms with Crippen molar-refractivity contribution < 1.29 is 5.11 Å². The monoisotopic (exact) mass is 366 g/mol. The molecule has 0 amide bonds. The second-order valence-electron chi connectivity index (χ2n) is 10.8. The lowest BCUT2D eigenvalue weighted by atomic mass is 9.59. The number of allylic oxidation sites excluding steroid dienone is 2. The number of phenolic OH excluding ortho intramolecular Hbond substituents is 1. The Morgan fingerprint density at radius 3 is 2.59 bits per heavy atom.